The van der Waals surface area contributed by atoms with Crippen LogP contribution in [0.1, 0.15) is 57.0 Å². The highest BCUT2D eigenvalue weighted by atomic mass is 15.2. The van der Waals surface area contributed by atoms with Gasteiger partial charge in [0.1, 0.15) is 5.82 Å². The molecule has 5 heteroatoms. The summed E-state index contributed by atoms with van der Waals surface area (Å²) in [6.45, 7) is 1.76. The monoisotopic (exact) mass is 355 g/mol. The number of aromatic amines is 1. The largest absolute Gasteiger partial charge is 0.341 e. The molecule has 136 valence electrons. The van der Waals surface area contributed by atoms with Gasteiger partial charge in [0.05, 0.1) is 37.5 Å². The molecule has 0 fully saturated rings. The number of nitrogens with zero attached hydrogens (tertiary/aromatic N) is 3. The minimum absolute atomic E-state index is 0.0138. The van der Waals surface area contributed by atoms with Crippen molar-refractivity contribution in [2.24, 2.45) is 5.73 Å². The Labute approximate surface area is 163 Å². The van der Waals surface area contributed by atoms with E-state index in [2.05, 4.69) is 19.9 Å². The van der Waals surface area contributed by atoms with Gasteiger partial charge in [0, 0.05) is 6.17 Å². The number of hydrogen-bond acceptors (Lipinski definition) is 4. The molecule has 2 aromatic heterocycles. The second kappa shape index (κ2) is 7.98. The number of pyridine rings is 1. The minimum atomic E-state index is -0.170. The van der Waals surface area contributed by atoms with Gasteiger partial charge in [-0.3, -0.25) is 9.88 Å². The highest BCUT2D eigenvalue weighted by molar-refractivity contribution is 5.74. The van der Waals surface area contributed by atoms with Crippen molar-refractivity contribution in [1.82, 2.24) is 19.9 Å². The first-order chi connectivity index (χ1) is 15.3. The Balaban J connectivity index is 1.70. The van der Waals surface area contributed by atoms with Crippen LogP contribution in [0.2, 0.25) is 0 Å². The molecule has 1 aliphatic rings. The third-order valence-corrected chi connectivity index (χ3v) is 4.92. The Morgan fingerprint density at radius 3 is 3.15 bits per heavy atom. The summed E-state index contributed by atoms with van der Waals surface area (Å²) in [6.07, 6.45) is 3.96. The zero-order valence-electron chi connectivity index (χ0n) is 20.7. The summed E-state index contributed by atoms with van der Waals surface area (Å²) in [5.41, 5.74) is 8.10. The predicted molar refractivity (Wildman–Crippen MR) is 105 cm³/mol. The first-order valence-corrected chi connectivity index (χ1v) is 9.17. The third kappa shape index (κ3) is 3.64. The average Bonchev–Trinajstić information content (AvgIpc) is 3.17. The third-order valence-electron chi connectivity index (χ3n) is 4.92. The number of rotatable bonds is 7. The average molecular weight is 356 g/mol. The van der Waals surface area contributed by atoms with E-state index >= 15 is 0 Å². The van der Waals surface area contributed by atoms with Gasteiger partial charge in [-0.15, -0.1) is 0 Å². The maximum Gasteiger partial charge on any atom is 0.121 e. The molecule has 3 aromatic rings. The lowest BCUT2D eigenvalue weighted by Gasteiger charge is -2.34. The van der Waals surface area contributed by atoms with Crippen LogP contribution >= 0.6 is 0 Å². The molecule has 5 nitrogen and oxygen atoms in total. The number of imidazole rings is 1. The topological polar surface area (TPSA) is 70.8 Å². The molecular weight excluding hydrogens is 322 g/mol. The van der Waals surface area contributed by atoms with Crippen LogP contribution in [-0.2, 0) is 13.0 Å². The lowest BCUT2D eigenvalue weighted by molar-refractivity contribution is 0.159. The minimum Gasteiger partial charge on any atom is -0.341 e. The van der Waals surface area contributed by atoms with E-state index < -0.39 is 0 Å². The van der Waals surface area contributed by atoms with Crippen molar-refractivity contribution in [3.05, 3.63) is 59.5 Å². The van der Waals surface area contributed by atoms with E-state index in [1.807, 2.05) is 0 Å². The van der Waals surface area contributed by atoms with Crippen LogP contribution in [0.3, 0.4) is 0 Å². The zero-order valence-corrected chi connectivity index (χ0v) is 14.7. The van der Waals surface area contributed by atoms with Gasteiger partial charge in [-0.25, -0.2) is 4.98 Å². The summed E-state index contributed by atoms with van der Waals surface area (Å²) in [7, 11) is 0. The molecule has 3 N–H and O–H groups in total. The lowest BCUT2D eigenvalue weighted by atomic mass is 9.90. The van der Waals surface area contributed by atoms with Gasteiger partial charge in [-0.1, -0.05) is 18.1 Å². The van der Waals surface area contributed by atoms with Crippen LogP contribution < -0.4 is 5.73 Å². The van der Waals surface area contributed by atoms with Gasteiger partial charge >= 0.3 is 0 Å². The molecule has 0 amide bonds. The van der Waals surface area contributed by atoms with E-state index in [0.717, 1.165) is 37.8 Å². The second-order valence-corrected chi connectivity index (χ2v) is 6.70. The number of nitrogens with two attached hydrogens (primary N) is 1. The lowest BCUT2D eigenvalue weighted by Crippen LogP contribution is -2.33. The fourth-order valence-corrected chi connectivity index (χ4v) is 3.67. The Kier molecular flexibility index (Phi) is 3.52. The van der Waals surface area contributed by atoms with Gasteiger partial charge in [0.2, 0.25) is 0 Å². The van der Waals surface area contributed by atoms with E-state index in [1.165, 1.54) is 6.07 Å². The normalized spacial score (nSPS) is 20.2. The maximum absolute atomic E-state index is 8.31. The number of H-pyrrole nitrogens is 1. The van der Waals surface area contributed by atoms with E-state index in [4.69, 9.17) is 14.0 Å². The van der Waals surface area contributed by atoms with Crippen LogP contribution in [0, 0.1) is 0 Å². The fourth-order valence-electron chi connectivity index (χ4n) is 3.67. The van der Waals surface area contributed by atoms with Gasteiger partial charge in [0.15, 0.2) is 0 Å². The molecule has 1 aliphatic carbocycles. The molecule has 0 unspecified atom stereocenters. The number of fused-ring (bicyclic) bond motifs is 2. The number of hydrogen-bond donors (Lipinski definition) is 2. The van der Waals surface area contributed by atoms with E-state index in [9.17, 15) is 0 Å². The van der Waals surface area contributed by atoms with Crippen molar-refractivity contribution in [3.8, 4) is 0 Å². The smallest absolute Gasteiger partial charge is 0.121 e. The molecule has 0 saturated carbocycles. The van der Waals surface area contributed by atoms with Crippen LogP contribution in [0.4, 0.5) is 0 Å². The number of benzene rings is 1. The van der Waals surface area contributed by atoms with Crippen molar-refractivity contribution in [3.63, 3.8) is 0 Å². The van der Waals surface area contributed by atoms with Gasteiger partial charge in [-0.2, -0.15) is 0 Å². The van der Waals surface area contributed by atoms with Crippen molar-refractivity contribution in [1.29, 1.82) is 0 Å². The number of unbranched alkanes of at least 4 members (excludes halogenated alkanes) is 1. The standard InChI is InChI=1S/C21H27N5/c22-12-3-4-14-26(15-20-24-17-9-1-2-10-18(17)25-20)19-11-5-7-16-8-6-13-23-21(16)19/h1-2,6,8-10,13,19H,3-5,7,11-12,14-15,22H2,(H,24,25)/t19-/m0/s1/i1D,2D,6D,8D,9D,13D. The predicted octanol–water partition coefficient (Wildman–Crippen LogP) is 3.58. The Morgan fingerprint density at radius 1 is 1.27 bits per heavy atom. The summed E-state index contributed by atoms with van der Waals surface area (Å²) in [5.74, 6) is 0.632. The van der Waals surface area contributed by atoms with Crippen LogP contribution in [0.25, 0.3) is 11.0 Å². The molecule has 0 spiro atoms. The molecule has 4 rings (SSSR count). The van der Waals surface area contributed by atoms with Crippen molar-refractivity contribution in [2.75, 3.05) is 13.1 Å². The quantitative estimate of drug-likeness (QED) is 0.636. The number of aromatic nitrogens is 3. The van der Waals surface area contributed by atoms with Gasteiger partial charge in [-0.05, 0) is 68.9 Å². The molecular formula is C21H27N5. The van der Waals surface area contributed by atoms with Crippen LogP contribution in [0.15, 0.2) is 42.5 Å². The van der Waals surface area contributed by atoms with Crippen molar-refractivity contribution >= 4 is 11.0 Å². The molecule has 0 aliphatic heterocycles. The van der Waals surface area contributed by atoms with Crippen molar-refractivity contribution < 1.29 is 8.22 Å². The molecule has 0 saturated heterocycles. The second-order valence-electron chi connectivity index (χ2n) is 6.70. The zero-order chi connectivity index (χ0) is 23.0. The fraction of sp³-hybridized carbons (Fsp3) is 0.429. The van der Waals surface area contributed by atoms with Crippen LogP contribution in [-0.4, -0.2) is 32.9 Å². The number of nitrogens with one attached hydrogen (secondary N) is 1. The van der Waals surface area contributed by atoms with Crippen molar-refractivity contribution in [2.45, 2.75) is 44.7 Å². The SMILES string of the molecule is [2H]c1cc2[nH]c(CN(CCCCN)[C@H]3CCCc4c3nc([2H])c([2H])c4[2H])nc2c([2H])c1[2H]. The highest BCUT2D eigenvalue weighted by Gasteiger charge is 2.27. The first-order valence-electron chi connectivity index (χ1n) is 12.2. The first kappa shape index (κ1) is 11.5. The van der Waals surface area contributed by atoms with E-state index in [1.54, 1.807) is 0 Å². The molecule has 0 bridgehead atoms. The summed E-state index contributed by atoms with van der Waals surface area (Å²) in [5, 5.41) is 0. The van der Waals surface area contributed by atoms with Gasteiger partial charge < -0.3 is 10.7 Å². The molecule has 1 atom stereocenters. The van der Waals surface area contributed by atoms with E-state index in [0.29, 0.717) is 42.1 Å². The van der Waals surface area contributed by atoms with E-state index in [-0.39, 0.29) is 42.4 Å². The Bertz CT molecular complexity index is 1150. The number of para-hydroxylation sites is 2. The Hall–Kier alpha value is -2.24. The summed E-state index contributed by atoms with van der Waals surface area (Å²) < 4.78 is 48.2. The summed E-state index contributed by atoms with van der Waals surface area (Å²) in [6, 6.07) is 1.18. The molecule has 0 radical (unpaired) electrons. The summed E-state index contributed by atoms with van der Waals surface area (Å²) >= 11 is 0. The highest BCUT2D eigenvalue weighted by Crippen LogP contribution is 2.33. The summed E-state index contributed by atoms with van der Waals surface area (Å²) in [4.78, 5) is 14.4. The van der Waals surface area contributed by atoms with Gasteiger partial charge in [0.25, 0.3) is 0 Å². The molecule has 1 aromatic carbocycles. The molecule has 2 heterocycles. The van der Waals surface area contributed by atoms with Crippen LogP contribution in [0.5, 0.6) is 0 Å². The maximum atomic E-state index is 8.31. The Morgan fingerprint density at radius 2 is 2.23 bits per heavy atom. The molecule has 26 heavy (non-hydrogen) atoms.